The minimum Gasteiger partial charge on any atom is -0.354 e. The number of rotatable bonds is 3. The van der Waals surface area contributed by atoms with Gasteiger partial charge in [0.25, 0.3) is 0 Å². The van der Waals surface area contributed by atoms with Crippen molar-refractivity contribution < 1.29 is 4.79 Å². The lowest BCUT2D eigenvalue weighted by Gasteiger charge is -2.12. The lowest BCUT2D eigenvalue weighted by atomic mass is 9.98. The molecule has 0 heterocycles. The zero-order chi connectivity index (χ0) is 19.1. The Labute approximate surface area is 168 Å². The number of ketones is 1. The third-order valence-electron chi connectivity index (χ3n) is 5.07. The van der Waals surface area contributed by atoms with E-state index in [-0.39, 0.29) is 5.78 Å². The maximum atomic E-state index is 13.3. The third kappa shape index (κ3) is 2.79. The average molecular weight is 382 g/mol. The van der Waals surface area contributed by atoms with Gasteiger partial charge in [-0.15, -0.1) is 0 Å². The van der Waals surface area contributed by atoms with E-state index in [4.69, 9.17) is 11.6 Å². The summed E-state index contributed by atoms with van der Waals surface area (Å²) in [6.07, 6.45) is 0. The van der Waals surface area contributed by atoms with Gasteiger partial charge in [0.05, 0.1) is 11.3 Å². The van der Waals surface area contributed by atoms with Crippen LogP contribution >= 0.6 is 11.6 Å². The van der Waals surface area contributed by atoms with Crippen molar-refractivity contribution in [2.75, 3.05) is 5.32 Å². The van der Waals surface area contributed by atoms with E-state index in [9.17, 15) is 4.79 Å². The van der Waals surface area contributed by atoms with E-state index in [1.807, 2.05) is 66.7 Å². The standard InChI is InChI=1S/C25H16ClNO/c26-19-11-13-20(14-12-19)27-24-21-7-3-4-8-22(21)25(28)23(24)18-10-9-16-5-1-2-6-17(16)15-18/h1-15,27H. The molecule has 4 aromatic carbocycles. The maximum Gasteiger partial charge on any atom is 0.196 e. The van der Waals surface area contributed by atoms with Crippen molar-refractivity contribution in [2.45, 2.75) is 0 Å². The van der Waals surface area contributed by atoms with E-state index in [0.717, 1.165) is 38.8 Å². The molecule has 0 aromatic heterocycles. The molecule has 0 bridgehead atoms. The molecule has 1 aliphatic rings. The molecule has 0 spiro atoms. The molecule has 2 nitrogen and oxygen atoms in total. The summed E-state index contributed by atoms with van der Waals surface area (Å²) in [6, 6.07) is 29.6. The van der Waals surface area contributed by atoms with Crippen molar-refractivity contribution in [3.8, 4) is 0 Å². The van der Waals surface area contributed by atoms with Gasteiger partial charge in [-0.05, 0) is 46.7 Å². The molecule has 28 heavy (non-hydrogen) atoms. The highest BCUT2D eigenvalue weighted by molar-refractivity contribution is 6.41. The van der Waals surface area contributed by atoms with Gasteiger partial charge in [-0.1, -0.05) is 72.3 Å². The molecule has 0 radical (unpaired) electrons. The molecule has 0 atom stereocenters. The number of Topliss-reactive ketones (excluding diaryl/α,β-unsaturated/α-hetero) is 1. The van der Waals surface area contributed by atoms with Crippen LogP contribution in [0, 0.1) is 0 Å². The Bertz CT molecular complexity index is 1260. The zero-order valence-corrected chi connectivity index (χ0v) is 15.7. The van der Waals surface area contributed by atoms with Gasteiger partial charge in [-0.3, -0.25) is 4.79 Å². The summed E-state index contributed by atoms with van der Waals surface area (Å²) in [7, 11) is 0. The van der Waals surface area contributed by atoms with E-state index in [1.165, 1.54) is 0 Å². The number of carbonyl (C=O) groups is 1. The molecule has 0 amide bonds. The molecule has 5 rings (SSSR count). The van der Waals surface area contributed by atoms with Crippen LogP contribution in [0.1, 0.15) is 21.5 Å². The fourth-order valence-electron chi connectivity index (χ4n) is 3.71. The molecule has 134 valence electrons. The van der Waals surface area contributed by atoms with Crippen LogP contribution < -0.4 is 5.32 Å². The van der Waals surface area contributed by atoms with E-state index in [0.29, 0.717) is 10.6 Å². The maximum absolute atomic E-state index is 13.3. The fraction of sp³-hybridized carbons (Fsp3) is 0. The fourth-order valence-corrected chi connectivity index (χ4v) is 3.84. The molecular formula is C25H16ClNO. The molecular weight excluding hydrogens is 366 g/mol. The normalized spacial score (nSPS) is 13.1. The van der Waals surface area contributed by atoms with Crippen LogP contribution in [-0.4, -0.2) is 5.78 Å². The van der Waals surface area contributed by atoms with Crippen molar-refractivity contribution in [3.63, 3.8) is 0 Å². The first-order valence-corrected chi connectivity index (χ1v) is 9.49. The second-order valence-electron chi connectivity index (χ2n) is 6.82. The van der Waals surface area contributed by atoms with Crippen molar-refractivity contribution >= 4 is 45.1 Å². The van der Waals surface area contributed by atoms with Gasteiger partial charge < -0.3 is 5.32 Å². The van der Waals surface area contributed by atoms with Gasteiger partial charge in [0, 0.05) is 21.8 Å². The lowest BCUT2D eigenvalue weighted by Crippen LogP contribution is -2.01. The SMILES string of the molecule is O=C1C(c2ccc3ccccc3c2)=C(Nc2ccc(Cl)cc2)c2ccccc21. The summed E-state index contributed by atoms with van der Waals surface area (Å²) in [5.74, 6) is 0.0438. The quantitative estimate of drug-likeness (QED) is 0.429. The van der Waals surface area contributed by atoms with Crippen molar-refractivity contribution in [2.24, 2.45) is 0 Å². The topological polar surface area (TPSA) is 29.1 Å². The smallest absolute Gasteiger partial charge is 0.196 e. The van der Waals surface area contributed by atoms with Crippen molar-refractivity contribution in [3.05, 3.63) is 113 Å². The van der Waals surface area contributed by atoms with Gasteiger partial charge in [-0.2, -0.15) is 0 Å². The van der Waals surface area contributed by atoms with Crippen LogP contribution in [-0.2, 0) is 0 Å². The first-order chi connectivity index (χ1) is 13.7. The minimum atomic E-state index is 0.0438. The Morgan fingerprint density at radius 3 is 2.14 bits per heavy atom. The second-order valence-corrected chi connectivity index (χ2v) is 7.25. The summed E-state index contributed by atoms with van der Waals surface area (Å²) >= 11 is 6.02. The van der Waals surface area contributed by atoms with Gasteiger partial charge in [0.2, 0.25) is 0 Å². The second kappa shape index (κ2) is 6.66. The number of anilines is 1. The third-order valence-corrected chi connectivity index (χ3v) is 5.32. The average Bonchev–Trinajstić information content (AvgIpc) is 3.01. The van der Waals surface area contributed by atoms with E-state index >= 15 is 0 Å². The first-order valence-electron chi connectivity index (χ1n) is 9.11. The van der Waals surface area contributed by atoms with E-state index < -0.39 is 0 Å². The first kappa shape index (κ1) is 16.8. The van der Waals surface area contributed by atoms with Gasteiger partial charge >= 0.3 is 0 Å². The predicted octanol–water partition coefficient (Wildman–Crippen LogP) is 6.67. The molecule has 4 aromatic rings. The lowest BCUT2D eigenvalue weighted by molar-refractivity contribution is 0.105. The summed E-state index contributed by atoms with van der Waals surface area (Å²) in [5.41, 5.74) is 4.98. The number of allylic oxidation sites excluding steroid dienone is 1. The number of hydrogen-bond donors (Lipinski definition) is 1. The summed E-state index contributed by atoms with van der Waals surface area (Å²) in [4.78, 5) is 13.3. The number of benzene rings is 4. The summed E-state index contributed by atoms with van der Waals surface area (Å²) < 4.78 is 0. The Balaban J connectivity index is 1.70. The Morgan fingerprint density at radius 2 is 1.36 bits per heavy atom. The van der Waals surface area contributed by atoms with Crippen LogP contribution in [0.25, 0.3) is 22.0 Å². The number of halogens is 1. The van der Waals surface area contributed by atoms with Crippen LogP contribution in [0.3, 0.4) is 0 Å². The molecule has 0 unspecified atom stereocenters. The molecule has 0 saturated carbocycles. The predicted molar refractivity (Wildman–Crippen MR) is 117 cm³/mol. The zero-order valence-electron chi connectivity index (χ0n) is 14.9. The number of fused-ring (bicyclic) bond motifs is 2. The summed E-state index contributed by atoms with van der Waals surface area (Å²) in [5, 5.41) is 6.40. The minimum absolute atomic E-state index is 0.0438. The van der Waals surface area contributed by atoms with Crippen molar-refractivity contribution in [1.29, 1.82) is 0 Å². The van der Waals surface area contributed by atoms with Gasteiger partial charge in [0.1, 0.15) is 0 Å². The molecule has 3 heteroatoms. The number of carbonyl (C=O) groups excluding carboxylic acids is 1. The summed E-state index contributed by atoms with van der Waals surface area (Å²) in [6.45, 7) is 0. The highest BCUT2D eigenvalue weighted by Gasteiger charge is 2.30. The van der Waals surface area contributed by atoms with E-state index in [1.54, 1.807) is 0 Å². The van der Waals surface area contributed by atoms with Crippen LogP contribution in [0.4, 0.5) is 5.69 Å². The highest BCUT2D eigenvalue weighted by Crippen LogP contribution is 2.39. The van der Waals surface area contributed by atoms with Crippen LogP contribution in [0.2, 0.25) is 5.02 Å². The van der Waals surface area contributed by atoms with Gasteiger partial charge in [0.15, 0.2) is 5.78 Å². The molecule has 1 N–H and O–H groups in total. The Morgan fingerprint density at radius 1 is 0.679 bits per heavy atom. The van der Waals surface area contributed by atoms with E-state index in [2.05, 4.69) is 29.6 Å². The molecule has 0 aliphatic heterocycles. The molecule has 1 aliphatic carbocycles. The monoisotopic (exact) mass is 381 g/mol. The molecule has 0 fully saturated rings. The molecule has 0 saturated heterocycles. The van der Waals surface area contributed by atoms with Crippen LogP contribution in [0.15, 0.2) is 91.0 Å². The largest absolute Gasteiger partial charge is 0.354 e. The number of nitrogens with one attached hydrogen (secondary N) is 1. The van der Waals surface area contributed by atoms with Crippen molar-refractivity contribution in [1.82, 2.24) is 0 Å². The highest BCUT2D eigenvalue weighted by atomic mass is 35.5. The van der Waals surface area contributed by atoms with Crippen LogP contribution in [0.5, 0.6) is 0 Å². The van der Waals surface area contributed by atoms with Gasteiger partial charge in [-0.25, -0.2) is 0 Å². The number of hydrogen-bond acceptors (Lipinski definition) is 2. The Hall–Kier alpha value is -3.36. The Kier molecular flexibility index (Phi) is 4.00.